The Morgan fingerprint density at radius 2 is 1.92 bits per heavy atom. The molecular weight excluding hydrogens is 174 g/mol. The van der Waals surface area contributed by atoms with Gasteiger partial charge in [-0.1, -0.05) is 0 Å². The van der Waals surface area contributed by atoms with Crippen LogP contribution in [0.3, 0.4) is 0 Å². The van der Waals surface area contributed by atoms with E-state index in [1.54, 1.807) is 4.90 Å². The van der Waals surface area contributed by atoms with E-state index in [9.17, 15) is 20.1 Å². The third-order valence-corrected chi connectivity index (χ3v) is 2.85. The highest BCUT2D eigenvalue weighted by molar-refractivity contribution is 5.83. The molecule has 5 nitrogen and oxygen atoms in total. The van der Waals surface area contributed by atoms with Crippen molar-refractivity contribution in [1.82, 2.24) is 4.90 Å². The molecule has 3 N–H and O–H groups in total. The summed E-state index contributed by atoms with van der Waals surface area (Å²) in [6.07, 6.45) is -2.79. The van der Waals surface area contributed by atoms with Gasteiger partial charge in [-0.05, 0) is 0 Å². The van der Waals surface area contributed by atoms with Gasteiger partial charge in [-0.2, -0.15) is 0 Å². The SMILES string of the molecule is O=C1C[C@@H]2[C@@H](O)[C@H](O)[C@@H](O)CN2C1. The van der Waals surface area contributed by atoms with E-state index in [0.29, 0.717) is 0 Å². The van der Waals surface area contributed by atoms with Gasteiger partial charge in [-0.3, -0.25) is 9.69 Å². The van der Waals surface area contributed by atoms with Crippen LogP contribution in [0, 0.1) is 0 Å². The summed E-state index contributed by atoms with van der Waals surface area (Å²) in [6.45, 7) is 0.556. The van der Waals surface area contributed by atoms with Gasteiger partial charge in [-0.25, -0.2) is 0 Å². The predicted molar refractivity (Wildman–Crippen MR) is 43.0 cm³/mol. The molecule has 0 aromatic rings. The maximum atomic E-state index is 11.1. The van der Waals surface area contributed by atoms with Crippen molar-refractivity contribution in [2.45, 2.75) is 30.8 Å². The molecule has 2 saturated heterocycles. The number of hydrogen-bond acceptors (Lipinski definition) is 5. The highest BCUT2D eigenvalue weighted by Crippen LogP contribution is 2.25. The van der Waals surface area contributed by atoms with E-state index in [0.717, 1.165) is 0 Å². The second kappa shape index (κ2) is 3.02. The number of rotatable bonds is 0. The van der Waals surface area contributed by atoms with Crippen LogP contribution < -0.4 is 0 Å². The van der Waals surface area contributed by atoms with Gasteiger partial charge in [0, 0.05) is 19.0 Å². The summed E-state index contributed by atoms with van der Waals surface area (Å²) < 4.78 is 0. The van der Waals surface area contributed by atoms with Crippen LogP contribution in [-0.2, 0) is 4.79 Å². The van der Waals surface area contributed by atoms with E-state index in [-0.39, 0.29) is 31.3 Å². The van der Waals surface area contributed by atoms with Crippen LogP contribution in [0.15, 0.2) is 0 Å². The van der Waals surface area contributed by atoms with E-state index in [1.807, 2.05) is 0 Å². The van der Waals surface area contributed by atoms with Crippen LogP contribution in [0.2, 0.25) is 0 Å². The van der Waals surface area contributed by atoms with Crippen LogP contribution >= 0.6 is 0 Å². The second-order valence-electron chi connectivity index (χ2n) is 3.79. The van der Waals surface area contributed by atoms with Gasteiger partial charge in [0.25, 0.3) is 0 Å². The van der Waals surface area contributed by atoms with Crippen LogP contribution in [0.4, 0.5) is 0 Å². The first-order chi connectivity index (χ1) is 6.09. The first-order valence-corrected chi connectivity index (χ1v) is 4.39. The Balaban J connectivity index is 2.15. The Bertz CT molecular complexity index is 232. The summed E-state index contributed by atoms with van der Waals surface area (Å²) in [4.78, 5) is 12.8. The van der Waals surface area contributed by atoms with E-state index in [1.165, 1.54) is 0 Å². The largest absolute Gasteiger partial charge is 0.389 e. The quantitative estimate of drug-likeness (QED) is 0.398. The Hall–Kier alpha value is -0.490. The number of piperidine rings is 1. The number of hydrogen-bond donors (Lipinski definition) is 3. The maximum absolute atomic E-state index is 11.1. The minimum absolute atomic E-state index is 0.0605. The molecule has 74 valence electrons. The summed E-state index contributed by atoms with van der Waals surface area (Å²) in [6, 6.07) is -0.300. The molecule has 0 spiro atoms. The molecule has 0 saturated carbocycles. The number of carbonyl (C=O) groups excluding carboxylic acids is 1. The first kappa shape index (κ1) is 9.08. The van der Waals surface area contributed by atoms with E-state index >= 15 is 0 Å². The Labute approximate surface area is 75.6 Å². The molecular formula is C8H13NO4. The Morgan fingerprint density at radius 1 is 1.23 bits per heavy atom. The zero-order valence-corrected chi connectivity index (χ0v) is 7.13. The molecule has 0 aromatic carbocycles. The van der Waals surface area contributed by atoms with Crippen molar-refractivity contribution in [1.29, 1.82) is 0 Å². The third kappa shape index (κ3) is 1.38. The van der Waals surface area contributed by atoms with Crippen LogP contribution in [0.5, 0.6) is 0 Å². The number of ketones is 1. The van der Waals surface area contributed by atoms with Crippen molar-refractivity contribution < 1.29 is 20.1 Å². The smallest absolute Gasteiger partial charge is 0.148 e. The Morgan fingerprint density at radius 3 is 2.62 bits per heavy atom. The molecule has 0 amide bonds. The molecule has 0 aromatic heterocycles. The molecule has 2 heterocycles. The minimum Gasteiger partial charge on any atom is -0.389 e. The van der Waals surface area contributed by atoms with Crippen LogP contribution in [0.1, 0.15) is 6.42 Å². The van der Waals surface area contributed by atoms with Crippen LogP contribution in [-0.4, -0.2) is 63.4 Å². The molecule has 13 heavy (non-hydrogen) atoms. The second-order valence-corrected chi connectivity index (χ2v) is 3.79. The van der Waals surface area contributed by atoms with Gasteiger partial charge in [0.2, 0.25) is 0 Å². The summed E-state index contributed by atoms with van der Waals surface area (Å²) in [5.41, 5.74) is 0. The van der Waals surface area contributed by atoms with E-state index < -0.39 is 18.3 Å². The Kier molecular flexibility index (Phi) is 2.11. The molecule has 0 bridgehead atoms. The lowest BCUT2D eigenvalue weighted by Gasteiger charge is -2.39. The van der Waals surface area contributed by atoms with E-state index in [4.69, 9.17) is 0 Å². The number of nitrogens with zero attached hydrogens (tertiary/aromatic N) is 1. The number of aliphatic hydroxyl groups is 3. The van der Waals surface area contributed by atoms with Crippen LogP contribution in [0.25, 0.3) is 0 Å². The summed E-state index contributed by atoms with van der Waals surface area (Å²) in [7, 11) is 0. The molecule has 0 unspecified atom stereocenters. The topological polar surface area (TPSA) is 81.0 Å². The van der Waals surface area contributed by atoms with Crippen molar-refractivity contribution in [2.75, 3.05) is 13.1 Å². The lowest BCUT2D eigenvalue weighted by Crippen LogP contribution is -2.58. The van der Waals surface area contributed by atoms with Crippen molar-refractivity contribution in [3.63, 3.8) is 0 Å². The van der Waals surface area contributed by atoms with Gasteiger partial charge in [0.1, 0.15) is 11.9 Å². The highest BCUT2D eigenvalue weighted by Gasteiger charge is 2.45. The summed E-state index contributed by atoms with van der Waals surface area (Å²) in [5.74, 6) is 0.0605. The zero-order valence-electron chi connectivity index (χ0n) is 7.13. The standard InChI is InChI=1S/C8H13NO4/c10-4-1-5-7(12)8(13)6(11)3-9(5)2-4/h5-8,11-13H,1-3H2/t5-,6+,7-,8-/m1/s1. The highest BCUT2D eigenvalue weighted by atomic mass is 16.4. The van der Waals surface area contributed by atoms with Gasteiger partial charge in [0.15, 0.2) is 0 Å². The molecule has 4 atom stereocenters. The van der Waals surface area contributed by atoms with Crippen molar-refractivity contribution in [3.05, 3.63) is 0 Å². The van der Waals surface area contributed by atoms with Gasteiger partial charge in [-0.15, -0.1) is 0 Å². The fourth-order valence-corrected chi connectivity index (χ4v) is 2.11. The number of aliphatic hydroxyl groups excluding tert-OH is 3. The van der Waals surface area contributed by atoms with Gasteiger partial charge in [0.05, 0.1) is 18.8 Å². The fourth-order valence-electron chi connectivity index (χ4n) is 2.11. The maximum Gasteiger partial charge on any atom is 0.148 e. The fraction of sp³-hybridized carbons (Fsp3) is 0.875. The van der Waals surface area contributed by atoms with Gasteiger partial charge >= 0.3 is 0 Å². The molecule has 2 aliphatic rings. The molecule has 2 fully saturated rings. The number of Topliss-reactive ketones (excluding diaryl/α,β-unsaturated/α-hetero) is 1. The third-order valence-electron chi connectivity index (χ3n) is 2.85. The lowest BCUT2D eigenvalue weighted by molar-refractivity contribution is -0.127. The minimum atomic E-state index is -1.12. The van der Waals surface area contributed by atoms with Crippen molar-refractivity contribution in [3.8, 4) is 0 Å². The van der Waals surface area contributed by atoms with E-state index in [2.05, 4.69) is 0 Å². The molecule has 2 aliphatic heterocycles. The number of fused-ring (bicyclic) bond motifs is 1. The zero-order chi connectivity index (χ0) is 9.59. The number of carbonyl (C=O) groups is 1. The lowest BCUT2D eigenvalue weighted by atomic mass is 9.94. The monoisotopic (exact) mass is 187 g/mol. The molecule has 0 radical (unpaired) electrons. The molecule has 2 rings (SSSR count). The van der Waals surface area contributed by atoms with Crippen molar-refractivity contribution >= 4 is 5.78 Å². The average molecular weight is 187 g/mol. The predicted octanol–water partition coefficient (Wildman–Crippen LogP) is -2.27. The average Bonchev–Trinajstić information content (AvgIpc) is 2.42. The van der Waals surface area contributed by atoms with Crippen molar-refractivity contribution in [2.24, 2.45) is 0 Å². The molecule has 0 aliphatic carbocycles. The molecule has 5 heteroatoms. The summed E-state index contributed by atoms with van der Waals surface area (Å²) in [5, 5.41) is 28.2. The van der Waals surface area contributed by atoms with Gasteiger partial charge < -0.3 is 15.3 Å². The first-order valence-electron chi connectivity index (χ1n) is 4.39. The summed E-state index contributed by atoms with van der Waals surface area (Å²) >= 11 is 0. The normalized spacial score (nSPS) is 46.5.